The van der Waals surface area contributed by atoms with Crippen molar-refractivity contribution in [3.63, 3.8) is 0 Å². The van der Waals surface area contributed by atoms with Gasteiger partial charge in [0.05, 0.1) is 31.5 Å². The van der Waals surface area contributed by atoms with Crippen LogP contribution in [-0.2, 0) is 75.7 Å². The molecule has 4 aromatic carbocycles. The van der Waals surface area contributed by atoms with Gasteiger partial charge in [0.1, 0.15) is 65.2 Å². The van der Waals surface area contributed by atoms with Gasteiger partial charge in [-0.15, -0.1) is 11.5 Å². The maximum atomic E-state index is 14.0. The zero-order chi connectivity index (χ0) is 41.7. The monoisotopic (exact) mass is 1040 g/mol. The molecule has 300 valence electrons. The van der Waals surface area contributed by atoms with Crippen LogP contribution in [0, 0.1) is 0 Å². The number of carboxylic acid groups (broad SMARTS) is 2. The van der Waals surface area contributed by atoms with Crippen molar-refractivity contribution in [2.75, 3.05) is 13.2 Å². The van der Waals surface area contributed by atoms with Gasteiger partial charge in [-0.25, -0.2) is 33.7 Å². The molecule has 4 aromatic rings. The SMILES string of the molecule is O=C([O-])COc1c2cc(S(=O)(=O)[O-])cc1Cc1cc(S(=O)(=O)[O-])cc(c1[O-])Cc1cc(S(=O)(=O)[O-])cc(c1OCC(=O)[O-])Cc1cc(S(=O)(=O)[O-])cc(c1[O-])C2.[Na+].[Na+].[Na+].[Na+].[Na+].[Na+].[Na+].[Na+]. The summed E-state index contributed by atoms with van der Waals surface area (Å²) in [4.78, 5) is 18.5. The summed E-state index contributed by atoms with van der Waals surface area (Å²) in [6.45, 7) is -2.60. The Kier molecular flexibility index (Phi) is 33.6. The molecule has 0 amide bonds. The van der Waals surface area contributed by atoms with Gasteiger partial charge in [-0.3, -0.25) is 0 Å². The third-order valence-corrected chi connectivity index (χ3v) is 11.5. The van der Waals surface area contributed by atoms with E-state index in [4.69, 9.17) is 9.47 Å². The fourth-order valence-corrected chi connectivity index (χ4v) is 8.26. The number of carboxylic acids is 2. The number of ether oxygens (including phenoxy) is 2. The molecule has 0 aromatic heterocycles. The van der Waals surface area contributed by atoms with Gasteiger partial charge in [-0.05, 0) is 70.8 Å². The Morgan fingerprint density at radius 2 is 0.562 bits per heavy atom. The number of carbonyl (C=O) groups excluding carboxylic acids is 2. The van der Waals surface area contributed by atoms with Gasteiger partial charge in [-0.2, -0.15) is 0 Å². The van der Waals surface area contributed by atoms with E-state index in [1.54, 1.807) is 0 Å². The van der Waals surface area contributed by atoms with Crippen LogP contribution in [0.1, 0.15) is 44.5 Å². The third kappa shape index (κ3) is 19.3. The Bertz CT molecular complexity index is 2520. The molecular formula is C32H20Na8O20S4. The summed E-state index contributed by atoms with van der Waals surface area (Å²) in [7, 11) is -21.9. The first-order valence-electron chi connectivity index (χ1n) is 15.2. The molecule has 0 fully saturated rings. The van der Waals surface area contributed by atoms with Crippen LogP contribution in [0.2, 0.25) is 0 Å². The fraction of sp³-hybridized carbons (Fsp3) is 0.188. The quantitative estimate of drug-likeness (QED) is 0.0926. The summed E-state index contributed by atoms with van der Waals surface area (Å²) < 4.78 is 158. The smallest absolute Gasteiger partial charge is 0.872 e. The van der Waals surface area contributed by atoms with Gasteiger partial charge in [0, 0.05) is 47.9 Å². The average molecular weight is 1040 g/mol. The molecule has 0 radical (unpaired) electrons. The van der Waals surface area contributed by atoms with Crippen molar-refractivity contribution in [3.8, 4) is 23.0 Å². The topological polar surface area (TPSA) is 374 Å². The standard InChI is InChI=1S/C32H28O20S4.8Na/c33-27(34)13-51-31-19-1-15-5-23(53(39,40)41)6-16(29(15)37)2-21-11-26(56(48,49)50)12-22(32(21)52-14-28(35)36)4-18-8-24(54(42,43)44)7-17(30(18)38)3-20(31)10-25(9-19)55(45,46)47;;;;;;;;/h5-12,37-38H,1-4,13-14H2,(H,33,34)(H,35,36)(H,39,40,41)(H,42,43,44)(H,45,46,47)(H,48,49,50);;;;;;;;/q;8*+1/p-8. The van der Waals surface area contributed by atoms with E-state index in [1.807, 2.05) is 0 Å². The minimum atomic E-state index is -5.47. The van der Waals surface area contributed by atoms with Crippen LogP contribution in [0.5, 0.6) is 23.0 Å². The summed E-state index contributed by atoms with van der Waals surface area (Å²) in [6.07, 6.45) is -3.86. The Hall–Kier alpha value is 2.66. The van der Waals surface area contributed by atoms with Crippen molar-refractivity contribution in [3.05, 3.63) is 93.0 Å². The van der Waals surface area contributed by atoms with E-state index >= 15 is 0 Å². The van der Waals surface area contributed by atoms with Crippen molar-refractivity contribution >= 4 is 52.4 Å². The number of rotatable bonds is 10. The molecule has 0 aliphatic heterocycles. The minimum Gasteiger partial charge on any atom is -0.872 e. The second-order valence-electron chi connectivity index (χ2n) is 12.1. The van der Waals surface area contributed by atoms with Crippen LogP contribution < -0.4 is 266 Å². The molecule has 32 heteroatoms. The second-order valence-corrected chi connectivity index (χ2v) is 17.6. The van der Waals surface area contributed by atoms with Crippen LogP contribution in [0.3, 0.4) is 0 Å². The van der Waals surface area contributed by atoms with Crippen LogP contribution in [0.25, 0.3) is 0 Å². The zero-order valence-corrected chi connectivity index (χ0v) is 54.9. The van der Waals surface area contributed by atoms with Gasteiger partial charge in [0.15, 0.2) is 0 Å². The maximum Gasteiger partial charge on any atom is 1.00 e. The van der Waals surface area contributed by atoms with E-state index in [9.17, 15) is 81.9 Å². The van der Waals surface area contributed by atoms with E-state index in [1.165, 1.54) is 0 Å². The average Bonchev–Trinajstić information content (AvgIpc) is 3.04. The van der Waals surface area contributed by atoms with E-state index in [2.05, 4.69) is 0 Å². The van der Waals surface area contributed by atoms with Gasteiger partial charge < -0.3 is 57.7 Å². The predicted octanol–water partition coefficient (Wildman–Crippen LogP) is -27.6. The Labute approximate surface area is 544 Å². The number of carbonyl (C=O) groups is 2. The van der Waals surface area contributed by atoms with Gasteiger partial charge in [-0.1, -0.05) is 0 Å². The number of fused-ring (bicyclic) bond motifs is 8. The number of hydrogen-bond donors (Lipinski definition) is 0. The van der Waals surface area contributed by atoms with Crippen LogP contribution in [-0.4, -0.2) is 77.0 Å². The molecule has 0 atom stereocenters. The molecule has 0 saturated heterocycles. The van der Waals surface area contributed by atoms with Gasteiger partial charge >= 0.3 is 236 Å². The van der Waals surface area contributed by atoms with E-state index in [0.717, 1.165) is 0 Å². The Morgan fingerprint density at radius 3 is 0.719 bits per heavy atom. The van der Waals surface area contributed by atoms with Crippen molar-refractivity contribution in [2.24, 2.45) is 0 Å². The first-order chi connectivity index (χ1) is 25.7. The summed E-state index contributed by atoms with van der Waals surface area (Å²) in [5.41, 5.74) is -4.89. The predicted molar refractivity (Wildman–Crippen MR) is 169 cm³/mol. The molecule has 1 aliphatic carbocycles. The van der Waals surface area contributed by atoms with Gasteiger partial charge in [0.25, 0.3) is 0 Å². The molecular weight excluding hydrogens is 1020 g/mol. The second kappa shape index (κ2) is 29.4. The van der Waals surface area contributed by atoms with Crippen molar-refractivity contribution in [1.82, 2.24) is 0 Å². The number of hydrogen-bond acceptors (Lipinski definition) is 20. The Morgan fingerprint density at radius 1 is 0.391 bits per heavy atom. The van der Waals surface area contributed by atoms with Crippen LogP contribution in [0.4, 0.5) is 0 Å². The van der Waals surface area contributed by atoms with Crippen molar-refractivity contribution < 1.29 is 328 Å². The molecule has 5 rings (SSSR count). The number of aliphatic carboxylic acids is 2. The largest absolute Gasteiger partial charge is 1.00 e. The Balaban J connectivity index is -0.00000225. The van der Waals surface area contributed by atoms with Crippen molar-refractivity contribution in [1.29, 1.82) is 0 Å². The summed E-state index contributed by atoms with van der Waals surface area (Å²) >= 11 is 0. The minimum absolute atomic E-state index is 0. The molecule has 0 saturated carbocycles. The molecule has 20 nitrogen and oxygen atoms in total. The fourth-order valence-electron chi connectivity index (χ4n) is 5.97. The first-order valence-corrected chi connectivity index (χ1v) is 20.8. The van der Waals surface area contributed by atoms with Crippen LogP contribution in [0.15, 0.2) is 68.1 Å². The molecule has 1 aliphatic rings. The first kappa shape index (κ1) is 73.2. The van der Waals surface area contributed by atoms with Crippen molar-refractivity contribution in [2.45, 2.75) is 45.3 Å². The summed E-state index contributed by atoms with van der Waals surface area (Å²) in [5, 5.41) is 50.9. The van der Waals surface area contributed by atoms with E-state index < -0.39 is 178 Å². The molecule has 0 N–H and O–H groups in total. The third-order valence-electron chi connectivity index (χ3n) is 8.21. The van der Waals surface area contributed by atoms with E-state index in [-0.39, 0.29) is 236 Å². The normalized spacial score (nSPS) is 11.8. The zero-order valence-electron chi connectivity index (χ0n) is 35.7. The van der Waals surface area contributed by atoms with E-state index in [0.29, 0.717) is 48.5 Å². The number of benzene rings is 4. The maximum absolute atomic E-state index is 14.0. The van der Waals surface area contributed by atoms with Crippen LogP contribution >= 0.6 is 0 Å². The molecule has 64 heavy (non-hydrogen) atoms. The molecule has 0 spiro atoms. The van der Waals surface area contributed by atoms with Gasteiger partial charge in [0.2, 0.25) is 0 Å². The molecule has 8 bridgehead atoms. The summed E-state index contributed by atoms with van der Waals surface area (Å²) in [5.74, 6) is -7.33. The summed E-state index contributed by atoms with van der Waals surface area (Å²) in [6, 6.07) is 4.55. The molecule has 0 heterocycles. The molecule has 0 unspecified atom stereocenters.